The Balaban J connectivity index is 2.40. The Bertz CT molecular complexity index is 593. The van der Waals surface area contributed by atoms with Crippen molar-refractivity contribution in [1.29, 1.82) is 0 Å². The standard InChI is InChI=1S/C11H17N3O4S/c1-13-6-9(5-10(13)11(12)16)19(17,18)14-4-2-3-8(14)7-15/h5-6,8,15H,2-4,7H2,1H3,(H2,12,16). The van der Waals surface area contributed by atoms with E-state index in [0.717, 1.165) is 6.42 Å². The molecule has 1 aromatic heterocycles. The van der Waals surface area contributed by atoms with Gasteiger partial charge in [0.1, 0.15) is 10.6 Å². The van der Waals surface area contributed by atoms with Gasteiger partial charge in [-0.2, -0.15) is 4.31 Å². The molecule has 19 heavy (non-hydrogen) atoms. The zero-order chi connectivity index (χ0) is 14.2. The molecule has 1 aromatic rings. The Morgan fingerprint density at radius 3 is 2.79 bits per heavy atom. The van der Waals surface area contributed by atoms with Crippen LogP contribution in [-0.4, -0.2) is 47.5 Å². The topological polar surface area (TPSA) is 106 Å². The number of primary amides is 1. The highest BCUT2D eigenvalue weighted by Gasteiger charge is 2.35. The third kappa shape index (κ3) is 2.38. The van der Waals surface area contributed by atoms with E-state index in [0.29, 0.717) is 13.0 Å². The van der Waals surface area contributed by atoms with Crippen molar-refractivity contribution in [2.24, 2.45) is 12.8 Å². The Morgan fingerprint density at radius 2 is 2.26 bits per heavy atom. The smallest absolute Gasteiger partial charge is 0.265 e. The molecule has 106 valence electrons. The number of aliphatic hydroxyl groups is 1. The lowest BCUT2D eigenvalue weighted by Gasteiger charge is -2.21. The number of aryl methyl sites for hydroxylation is 1. The summed E-state index contributed by atoms with van der Waals surface area (Å²) >= 11 is 0. The zero-order valence-corrected chi connectivity index (χ0v) is 11.4. The van der Waals surface area contributed by atoms with Gasteiger partial charge in [0.2, 0.25) is 10.0 Å². The fourth-order valence-corrected chi connectivity index (χ4v) is 4.12. The first kappa shape index (κ1) is 14.0. The Kier molecular flexibility index (Phi) is 3.66. The number of rotatable bonds is 4. The summed E-state index contributed by atoms with van der Waals surface area (Å²) in [5, 5.41) is 9.21. The van der Waals surface area contributed by atoms with E-state index in [2.05, 4.69) is 0 Å². The van der Waals surface area contributed by atoms with Gasteiger partial charge in [0.05, 0.1) is 6.61 Å². The molecule has 0 aliphatic carbocycles. The molecule has 0 spiro atoms. The summed E-state index contributed by atoms with van der Waals surface area (Å²) in [6.07, 6.45) is 2.73. The van der Waals surface area contributed by atoms with E-state index in [1.54, 1.807) is 7.05 Å². The highest BCUT2D eigenvalue weighted by atomic mass is 32.2. The SMILES string of the molecule is Cn1cc(S(=O)(=O)N2CCCC2CO)cc1C(N)=O. The number of carbonyl (C=O) groups excluding carboxylic acids is 1. The first-order chi connectivity index (χ1) is 8.87. The summed E-state index contributed by atoms with van der Waals surface area (Å²) in [7, 11) is -2.13. The maximum atomic E-state index is 12.4. The molecule has 2 rings (SSSR count). The van der Waals surface area contributed by atoms with Gasteiger partial charge < -0.3 is 15.4 Å². The molecule has 0 radical (unpaired) electrons. The summed E-state index contributed by atoms with van der Waals surface area (Å²) in [6.45, 7) is 0.184. The molecule has 0 saturated carbocycles. The van der Waals surface area contributed by atoms with Gasteiger partial charge in [-0.1, -0.05) is 0 Å². The average Bonchev–Trinajstić information content (AvgIpc) is 2.94. The Morgan fingerprint density at radius 1 is 1.58 bits per heavy atom. The summed E-state index contributed by atoms with van der Waals surface area (Å²) in [4.78, 5) is 11.2. The number of nitrogens with two attached hydrogens (primary N) is 1. The number of hydrogen-bond acceptors (Lipinski definition) is 4. The second-order valence-corrected chi connectivity index (χ2v) is 6.52. The van der Waals surface area contributed by atoms with Crippen molar-refractivity contribution in [3.05, 3.63) is 18.0 Å². The summed E-state index contributed by atoms with van der Waals surface area (Å²) in [5.41, 5.74) is 5.31. The highest BCUT2D eigenvalue weighted by Crippen LogP contribution is 2.26. The van der Waals surface area contributed by atoms with Crippen molar-refractivity contribution >= 4 is 15.9 Å². The quantitative estimate of drug-likeness (QED) is 0.761. The van der Waals surface area contributed by atoms with Crippen LogP contribution >= 0.6 is 0 Å². The number of aromatic nitrogens is 1. The minimum atomic E-state index is -3.69. The minimum absolute atomic E-state index is 0.0316. The molecule has 1 saturated heterocycles. The van der Waals surface area contributed by atoms with Crippen molar-refractivity contribution in [3.8, 4) is 0 Å². The van der Waals surface area contributed by atoms with Crippen LogP contribution in [0.1, 0.15) is 23.3 Å². The van der Waals surface area contributed by atoms with Gasteiger partial charge in [0.25, 0.3) is 5.91 Å². The molecule has 1 fully saturated rings. The van der Waals surface area contributed by atoms with Crippen LogP contribution in [0, 0.1) is 0 Å². The van der Waals surface area contributed by atoms with Crippen LogP contribution in [0.4, 0.5) is 0 Å². The van der Waals surface area contributed by atoms with Gasteiger partial charge in [0, 0.05) is 25.8 Å². The lowest BCUT2D eigenvalue weighted by atomic mass is 10.2. The second-order valence-electron chi connectivity index (χ2n) is 4.63. The average molecular weight is 287 g/mol. The van der Waals surface area contributed by atoms with Crippen molar-refractivity contribution < 1.29 is 18.3 Å². The number of carbonyl (C=O) groups is 1. The van der Waals surface area contributed by atoms with Crippen molar-refractivity contribution in [3.63, 3.8) is 0 Å². The molecular weight excluding hydrogens is 270 g/mol. The van der Waals surface area contributed by atoms with E-state index in [1.807, 2.05) is 0 Å². The number of aliphatic hydroxyl groups excluding tert-OH is 1. The van der Waals surface area contributed by atoms with Gasteiger partial charge in [-0.05, 0) is 18.9 Å². The maximum Gasteiger partial charge on any atom is 0.265 e. The molecule has 7 nitrogen and oxygen atoms in total. The fraction of sp³-hybridized carbons (Fsp3) is 0.545. The monoisotopic (exact) mass is 287 g/mol. The van der Waals surface area contributed by atoms with Crippen molar-refractivity contribution in [1.82, 2.24) is 8.87 Å². The van der Waals surface area contributed by atoms with Gasteiger partial charge in [-0.25, -0.2) is 8.42 Å². The first-order valence-corrected chi connectivity index (χ1v) is 7.41. The number of hydrogen-bond donors (Lipinski definition) is 2. The Hall–Kier alpha value is -1.38. The molecule has 8 heteroatoms. The third-order valence-corrected chi connectivity index (χ3v) is 5.29. The molecule has 1 atom stereocenters. The van der Waals surface area contributed by atoms with E-state index < -0.39 is 15.9 Å². The van der Waals surface area contributed by atoms with Crippen LogP contribution in [-0.2, 0) is 17.1 Å². The predicted octanol–water partition coefficient (Wildman–Crippen LogP) is -0.731. The lowest BCUT2D eigenvalue weighted by molar-refractivity contribution is 0.0992. The first-order valence-electron chi connectivity index (χ1n) is 5.97. The highest BCUT2D eigenvalue weighted by molar-refractivity contribution is 7.89. The Labute approximate surface area is 111 Å². The molecule has 2 heterocycles. The molecule has 3 N–H and O–H groups in total. The molecule has 0 bridgehead atoms. The van der Waals surface area contributed by atoms with Crippen LogP contribution in [0.15, 0.2) is 17.2 Å². The maximum absolute atomic E-state index is 12.4. The van der Waals surface area contributed by atoms with E-state index in [1.165, 1.54) is 21.1 Å². The van der Waals surface area contributed by atoms with Crippen LogP contribution in [0.3, 0.4) is 0 Å². The van der Waals surface area contributed by atoms with Crippen molar-refractivity contribution in [2.75, 3.05) is 13.2 Å². The van der Waals surface area contributed by atoms with Crippen LogP contribution in [0.5, 0.6) is 0 Å². The molecule has 1 amide bonds. The lowest BCUT2D eigenvalue weighted by Crippen LogP contribution is -2.37. The summed E-state index contributed by atoms with van der Waals surface area (Å²) in [5.74, 6) is -0.677. The van der Waals surface area contributed by atoms with Crippen LogP contribution in [0.25, 0.3) is 0 Å². The van der Waals surface area contributed by atoms with Gasteiger partial charge in [-0.15, -0.1) is 0 Å². The minimum Gasteiger partial charge on any atom is -0.395 e. The normalized spacial score (nSPS) is 20.8. The number of nitrogens with zero attached hydrogens (tertiary/aromatic N) is 2. The molecular formula is C11H17N3O4S. The summed E-state index contributed by atoms with van der Waals surface area (Å²) < 4.78 is 27.6. The van der Waals surface area contributed by atoms with E-state index in [-0.39, 0.29) is 23.2 Å². The van der Waals surface area contributed by atoms with E-state index in [9.17, 15) is 18.3 Å². The molecule has 1 aliphatic rings. The second kappa shape index (κ2) is 4.95. The largest absolute Gasteiger partial charge is 0.395 e. The molecule has 1 unspecified atom stereocenters. The predicted molar refractivity (Wildman–Crippen MR) is 67.9 cm³/mol. The van der Waals surface area contributed by atoms with Crippen LogP contribution < -0.4 is 5.73 Å². The van der Waals surface area contributed by atoms with Gasteiger partial charge in [-0.3, -0.25) is 4.79 Å². The van der Waals surface area contributed by atoms with Gasteiger partial charge >= 0.3 is 0 Å². The van der Waals surface area contributed by atoms with Crippen molar-refractivity contribution in [2.45, 2.75) is 23.8 Å². The number of amides is 1. The number of sulfonamides is 1. The molecule has 1 aliphatic heterocycles. The fourth-order valence-electron chi connectivity index (χ4n) is 2.36. The van der Waals surface area contributed by atoms with Crippen LogP contribution in [0.2, 0.25) is 0 Å². The van der Waals surface area contributed by atoms with E-state index in [4.69, 9.17) is 5.73 Å². The third-order valence-electron chi connectivity index (χ3n) is 3.37. The van der Waals surface area contributed by atoms with E-state index >= 15 is 0 Å². The van der Waals surface area contributed by atoms with Gasteiger partial charge in [0.15, 0.2) is 0 Å². The zero-order valence-electron chi connectivity index (χ0n) is 10.6. The summed E-state index contributed by atoms with van der Waals surface area (Å²) in [6, 6.07) is 0.881. The molecule has 0 aromatic carbocycles.